The molecule has 0 bridgehead atoms. The Kier molecular flexibility index (Phi) is 6.20. The second kappa shape index (κ2) is 8.19. The summed E-state index contributed by atoms with van der Waals surface area (Å²) in [6.45, 7) is -0.346. The number of fused-ring (bicyclic) bond motifs is 1. The number of sulfonamides is 2. The van der Waals surface area contributed by atoms with Crippen molar-refractivity contribution in [1.29, 1.82) is 0 Å². The van der Waals surface area contributed by atoms with E-state index in [2.05, 4.69) is 10.0 Å². The van der Waals surface area contributed by atoms with E-state index in [0.717, 1.165) is 11.6 Å². The highest BCUT2D eigenvalue weighted by atomic mass is 35.5. The number of rotatable bonds is 6. The summed E-state index contributed by atoms with van der Waals surface area (Å²) in [5, 5.41) is 26.6. The van der Waals surface area contributed by atoms with Crippen LogP contribution in [-0.2, 0) is 39.7 Å². The van der Waals surface area contributed by atoms with Gasteiger partial charge >= 0.3 is 0 Å². The molecule has 1 aliphatic heterocycles. The van der Waals surface area contributed by atoms with Gasteiger partial charge in [-0.2, -0.15) is 4.72 Å². The summed E-state index contributed by atoms with van der Waals surface area (Å²) in [7, 11) is -8.17. The van der Waals surface area contributed by atoms with Crippen molar-refractivity contribution in [1.82, 2.24) is 4.72 Å². The van der Waals surface area contributed by atoms with Crippen molar-refractivity contribution in [3.8, 4) is 0 Å². The number of hydrogen-bond acceptors (Lipinski definition) is 7. The predicted molar refractivity (Wildman–Crippen MR) is 107 cm³/mol. The maximum absolute atomic E-state index is 12.6. The Balaban J connectivity index is 1.85. The molecule has 1 heterocycles. The van der Waals surface area contributed by atoms with Crippen LogP contribution in [0.1, 0.15) is 23.1 Å². The molecule has 0 aliphatic carbocycles. The summed E-state index contributed by atoms with van der Waals surface area (Å²) in [5.41, 5.74) is 2.30. The predicted octanol–water partition coefficient (Wildman–Crippen LogP) is 0.635. The Morgan fingerprint density at radius 3 is 2.17 bits per heavy atom. The van der Waals surface area contributed by atoms with Crippen molar-refractivity contribution < 1.29 is 27.0 Å². The normalized spacial score (nSPS) is 18.1. The topological polar surface area (TPSA) is 159 Å². The van der Waals surface area contributed by atoms with Gasteiger partial charge in [0, 0.05) is 0 Å². The van der Waals surface area contributed by atoms with Gasteiger partial charge in [-0.15, -0.1) is 0 Å². The van der Waals surface area contributed by atoms with E-state index in [4.69, 9.17) is 16.7 Å². The third kappa shape index (κ3) is 4.89. The van der Waals surface area contributed by atoms with Crippen LogP contribution in [0.2, 0.25) is 5.02 Å². The van der Waals surface area contributed by atoms with Crippen LogP contribution in [0.25, 0.3) is 0 Å². The molecule has 0 aromatic heterocycles. The number of hydrogen-bond donors (Lipinski definition) is 5. The molecule has 0 amide bonds. The van der Waals surface area contributed by atoms with Gasteiger partial charge in [0.2, 0.25) is 20.0 Å². The summed E-state index contributed by atoms with van der Waals surface area (Å²) < 4.78 is 50.8. The molecule has 0 radical (unpaired) electrons. The van der Waals surface area contributed by atoms with Gasteiger partial charge in [-0.3, -0.25) is 0 Å². The third-order valence-electron chi connectivity index (χ3n) is 4.46. The van der Waals surface area contributed by atoms with Crippen molar-refractivity contribution in [2.75, 3.05) is 5.32 Å². The maximum atomic E-state index is 12.6. The molecule has 158 valence electrons. The average molecular weight is 462 g/mol. The van der Waals surface area contributed by atoms with E-state index in [1.54, 1.807) is 18.2 Å². The van der Waals surface area contributed by atoms with Gasteiger partial charge in [0.15, 0.2) is 0 Å². The molecule has 0 saturated carbocycles. The number of primary sulfonamides is 1. The van der Waals surface area contributed by atoms with Crippen LogP contribution in [0, 0.1) is 0 Å². The Bertz CT molecular complexity index is 1130. The largest absolute Gasteiger partial charge is 0.392 e. The van der Waals surface area contributed by atoms with Crippen molar-refractivity contribution in [2.24, 2.45) is 5.14 Å². The van der Waals surface area contributed by atoms with Gasteiger partial charge in [-0.25, -0.2) is 22.0 Å². The van der Waals surface area contributed by atoms with Gasteiger partial charge in [0.1, 0.15) is 9.79 Å². The van der Waals surface area contributed by atoms with Crippen LogP contribution in [-0.4, -0.2) is 33.2 Å². The highest BCUT2D eigenvalue weighted by molar-refractivity contribution is 7.90. The second-order valence-corrected chi connectivity index (χ2v) is 10.3. The number of benzene rings is 2. The van der Waals surface area contributed by atoms with Crippen LogP contribution >= 0.6 is 11.6 Å². The van der Waals surface area contributed by atoms with E-state index in [9.17, 15) is 27.0 Å². The Morgan fingerprint density at radius 2 is 1.62 bits per heavy atom. The highest BCUT2D eigenvalue weighted by Gasteiger charge is 2.31. The number of aryl methyl sites for hydroxylation is 1. The molecule has 0 saturated heterocycles. The number of halogens is 1. The van der Waals surface area contributed by atoms with Crippen molar-refractivity contribution in [3.63, 3.8) is 0 Å². The summed E-state index contributed by atoms with van der Waals surface area (Å²) in [4.78, 5) is -0.729. The van der Waals surface area contributed by atoms with Crippen molar-refractivity contribution >= 4 is 37.3 Å². The summed E-state index contributed by atoms with van der Waals surface area (Å²) in [6.07, 6.45) is 0.144. The van der Waals surface area contributed by atoms with Gasteiger partial charge in [0.25, 0.3) is 0 Å². The van der Waals surface area contributed by atoms with Crippen LogP contribution < -0.4 is 15.2 Å². The SMILES string of the molecule is NS(=O)(=O)c1cc2c(cc1Cl)NC(CCc1cc(CO)cc(CO)c1)NS2(=O)=O. The molecule has 1 aliphatic rings. The lowest BCUT2D eigenvalue weighted by Crippen LogP contribution is -2.45. The summed E-state index contributed by atoms with van der Waals surface area (Å²) >= 11 is 5.96. The van der Waals surface area contributed by atoms with E-state index < -0.39 is 31.1 Å². The highest BCUT2D eigenvalue weighted by Crippen LogP contribution is 2.34. The average Bonchev–Trinajstić information content (AvgIpc) is 2.63. The van der Waals surface area contributed by atoms with Crippen LogP contribution in [0.5, 0.6) is 0 Å². The smallest absolute Gasteiger partial charge is 0.244 e. The van der Waals surface area contributed by atoms with E-state index in [-0.39, 0.29) is 28.8 Å². The van der Waals surface area contributed by atoms with Gasteiger partial charge in [-0.1, -0.05) is 29.8 Å². The monoisotopic (exact) mass is 461 g/mol. The minimum Gasteiger partial charge on any atom is -0.392 e. The minimum absolute atomic E-state index is 0.173. The molecule has 0 spiro atoms. The van der Waals surface area contributed by atoms with Crippen LogP contribution in [0.15, 0.2) is 40.1 Å². The molecule has 0 fully saturated rings. The molecule has 3 rings (SSSR count). The fourth-order valence-electron chi connectivity index (χ4n) is 3.16. The Labute approximate surface area is 173 Å². The van der Waals surface area contributed by atoms with Crippen molar-refractivity contribution in [2.45, 2.75) is 42.0 Å². The van der Waals surface area contributed by atoms with E-state index in [1.807, 2.05) is 0 Å². The first kappa shape index (κ1) is 22.0. The van der Waals surface area contributed by atoms with Crippen LogP contribution in [0.4, 0.5) is 5.69 Å². The standard InChI is InChI=1S/C17H20ClN3O6S2/c18-13-6-14-16(7-15(13)28(19,24)25)29(26,27)21-17(20-14)2-1-10-3-11(8-22)5-12(4-10)9-23/h3-7,17,20-23H,1-2,8-9H2,(H2,19,24,25). The lowest BCUT2D eigenvalue weighted by atomic mass is 10.0. The van der Waals surface area contributed by atoms with E-state index >= 15 is 0 Å². The molecule has 2 aromatic rings. The quantitative estimate of drug-likeness (QED) is 0.422. The molecule has 12 heteroatoms. The zero-order chi connectivity index (χ0) is 21.4. The first-order valence-corrected chi connectivity index (χ1v) is 11.9. The maximum Gasteiger partial charge on any atom is 0.244 e. The van der Waals surface area contributed by atoms with Gasteiger partial charge in [-0.05, 0) is 41.7 Å². The van der Waals surface area contributed by atoms with Gasteiger partial charge in [0.05, 0.1) is 30.1 Å². The molecule has 1 atom stereocenters. The number of aliphatic hydroxyl groups excluding tert-OH is 2. The minimum atomic E-state index is -4.18. The number of anilines is 1. The molecule has 2 aromatic carbocycles. The van der Waals surface area contributed by atoms with Crippen LogP contribution in [0.3, 0.4) is 0 Å². The molecule has 9 nitrogen and oxygen atoms in total. The molecule has 29 heavy (non-hydrogen) atoms. The third-order valence-corrected chi connectivity index (χ3v) is 7.34. The molecular weight excluding hydrogens is 442 g/mol. The summed E-state index contributed by atoms with van der Waals surface area (Å²) in [5.74, 6) is 0. The fourth-order valence-corrected chi connectivity index (χ4v) is 5.70. The molecule has 6 N–H and O–H groups in total. The van der Waals surface area contributed by atoms with E-state index in [1.165, 1.54) is 6.07 Å². The first-order valence-electron chi connectivity index (χ1n) is 8.52. The Morgan fingerprint density at radius 1 is 1.03 bits per heavy atom. The van der Waals surface area contributed by atoms with Gasteiger partial charge < -0.3 is 15.5 Å². The lowest BCUT2D eigenvalue weighted by molar-refractivity contribution is 0.275. The zero-order valence-corrected chi connectivity index (χ0v) is 17.5. The lowest BCUT2D eigenvalue weighted by Gasteiger charge is -2.28. The Hall–Kier alpha value is -1.73. The van der Waals surface area contributed by atoms with Crippen molar-refractivity contribution in [3.05, 3.63) is 52.0 Å². The zero-order valence-electron chi connectivity index (χ0n) is 15.1. The molecule has 1 unspecified atom stereocenters. The molecular formula is C17H20ClN3O6S2. The first-order chi connectivity index (χ1) is 13.5. The summed E-state index contributed by atoms with van der Waals surface area (Å²) in [6, 6.07) is 7.39. The number of nitrogens with two attached hydrogens (primary N) is 1. The van der Waals surface area contributed by atoms with E-state index in [0.29, 0.717) is 24.0 Å². The number of aliphatic hydroxyl groups is 2. The number of nitrogens with one attached hydrogen (secondary N) is 2. The second-order valence-electron chi connectivity index (χ2n) is 6.65. The fraction of sp³-hybridized carbons (Fsp3) is 0.294.